The van der Waals surface area contributed by atoms with Crippen LogP contribution < -0.4 is 5.73 Å². The SMILES string of the molecule is CC(Cc1ccc(Br)cc1)N(C)C1CCCC1CN. The Morgan fingerprint density at radius 1 is 1.32 bits per heavy atom. The smallest absolute Gasteiger partial charge is 0.0175 e. The first-order chi connectivity index (χ1) is 9.11. The van der Waals surface area contributed by atoms with Gasteiger partial charge in [0.1, 0.15) is 0 Å². The quantitative estimate of drug-likeness (QED) is 0.898. The summed E-state index contributed by atoms with van der Waals surface area (Å²) >= 11 is 3.49. The van der Waals surface area contributed by atoms with Crippen LogP contribution in [0.25, 0.3) is 0 Å². The van der Waals surface area contributed by atoms with Crippen molar-refractivity contribution in [2.75, 3.05) is 13.6 Å². The average molecular weight is 325 g/mol. The highest BCUT2D eigenvalue weighted by atomic mass is 79.9. The molecule has 1 aromatic rings. The molecule has 3 unspecified atom stereocenters. The largest absolute Gasteiger partial charge is 0.330 e. The lowest BCUT2D eigenvalue weighted by Gasteiger charge is -2.34. The van der Waals surface area contributed by atoms with Crippen LogP contribution in [0.4, 0.5) is 0 Å². The fourth-order valence-electron chi connectivity index (χ4n) is 3.26. The first kappa shape index (κ1) is 15.0. The second-order valence-corrected chi connectivity index (χ2v) is 6.75. The van der Waals surface area contributed by atoms with Crippen molar-refractivity contribution in [2.24, 2.45) is 11.7 Å². The fraction of sp³-hybridized carbons (Fsp3) is 0.625. The second-order valence-electron chi connectivity index (χ2n) is 5.84. The van der Waals surface area contributed by atoms with Gasteiger partial charge in [0.15, 0.2) is 0 Å². The highest BCUT2D eigenvalue weighted by Crippen LogP contribution is 2.30. The minimum Gasteiger partial charge on any atom is -0.330 e. The summed E-state index contributed by atoms with van der Waals surface area (Å²) < 4.78 is 1.15. The van der Waals surface area contributed by atoms with E-state index < -0.39 is 0 Å². The first-order valence-corrected chi connectivity index (χ1v) is 8.07. The molecule has 3 heteroatoms. The molecule has 2 nitrogen and oxygen atoms in total. The summed E-state index contributed by atoms with van der Waals surface area (Å²) in [4.78, 5) is 2.55. The van der Waals surface area contributed by atoms with E-state index in [0.717, 1.165) is 17.4 Å². The number of likely N-dealkylation sites (N-methyl/N-ethyl adjacent to an activating group) is 1. The minimum absolute atomic E-state index is 0.568. The van der Waals surface area contributed by atoms with Crippen LogP contribution in [-0.4, -0.2) is 30.6 Å². The van der Waals surface area contributed by atoms with Crippen molar-refractivity contribution in [1.82, 2.24) is 4.90 Å². The van der Waals surface area contributed by atoms with Crippen LogP contribution >= 0.6 is 15.9 Å². The molecule has 1 aliphatic rings. The highest BCUT2D eigenvalue weighted by Gasteiger charge is 2.31. The van der Waals surface area contributed by atoms with E-state index in [9.17, 15) is 0 Å². The second kappa shape index (κ2) is 6.87. The lowest BCUT2D eigenvalue weighted by atomic mass is 9.99. The number of rotatable bonds is 5. The van der Waals surface area contributed by atoms with Gasteiger partial charge in [-0.15, -0.1) is 0 Å². The normalized spacial score (nSPS) is 24.9. The lowest BCUT2D eigenvalue weighted by molar-refractivity contribution is 0.151. The van der Waals surface area contributed by atoms with Gasteiger partial charge in [-0.05, 0) is 63.4 Å². The molecule has 0 aliphatic heterocycles. The van der Waals surface area contributed by atoms with Gasteiger partial charge in [0, 0.05) is 16.6 Å². The van der Waals surface area contributed by atoms with Crippen LogP contribution in [0.15, 0.2) is 28.7 Å². The van der Waals surface area contributed by atoms with Gasteiger partial charge < -0.3 is 10.6 Å². The van der Waals surface area contributed by atoms with Gasteiger partial charge in [0.2, 0.25) is 0 Å². The van der Waals surface area contributed by atoms with Gasteiger partial charge in [-0.25, -0.2) is 0 Å². The molecule has 2 rings (SSSR count). The number of nitrogens with zero attached hydrogens (tertiary/aromatic N) is 1. The maximum absolute atomic E-state index is 5.90. The van der Waals surface area contributed by atoms with Gasteiger partial charge in [0.05, 0.1) is 0 Å². The zero-order chi connectivity index (χ0) is 13.8. The molecule has 0 aromatic heterocycles. The Bertz CT molecular complexity index is 390. The lowest BCUT2D eigenvalue weighted by Crippen LogP contribution is -2.43. The average Bonchev–Trinajstić information content (AvgIpc) is 2.88. The van der Waals surface area contributed by atoms with E-state index in [1.807, 2.05) is 0 Å². The van der Waals surface area contributed by atoms with Crippen LogP contribution in [0.2, 0.25) is 0 Å². The Balaban J connectivity index is 1.95. The van der Waals surface area contributed by atoms with E-state index in [4.69, 9.17) is 5.73 Å². The van der Waals surface area contributed by atoms with E-state index in [2.05, 4.69) is 59.1 Å². The Labute approximate surface area is 125 Å². The molecule has 0 saturated heterocycles. The molecule has 0 bridgehead atoms. The molecule has 1 fully saturated rings. The summed E-state index contributed by atoms with van der Waals surface area (Å²) in [5.74, 6) is 0.692. The van der Waals surface area contributed by atoms with Gasteiger partial charge in [0.25, 0.3) is 0 Å². The Hall–Kier alpha value is -0.380. The van der Waals surface area contributed by atoms with E-state index in [1.165, 1.54) is 24.8 Å². The fourth-order valence-corrected chi connectivity index (χ4v) is 3.53. The molecule has 19 heavy (non-hydrogen) atoms. The topological polar surface area (TPSA) is 29.3 Å². The molecule has 1 aliphatic carbocycles. The predicted octanol–water partition coefficient (Wildman–Crippen LogP) is 3.44. The Morgan fingerprint density at radius 3 is 2.63 bits per heavy atom. The van der Waals surface area contributed by atoms with E-state index in [-0.39, 0.29) is 0 Å². The summed E-state index contributed by atoms with van der Waals surface area (Å²) in [6.45, 7) is 3.16. The summed E-state index contributed by atoms with van der Waals surface area (Å²) in [5.41, 5.74) is 7.31. The third-order valence-corrected chi connectivity index (χ3v) is 5.11. The summed E-state index contributed by atoms with van der Waals surface area (Å²) in [6.07, 6.45) is 5.05. The molecule has 0 heterocycles. The number of hydrogen-bond donors (Lipinski definition) is 1. The van der Waals surface area contributed by atoms with Crippen LogP contribution in [0.5, 0.6) is 0 Å². The predicted molar refractivity (Wildman–Crippen MR) is 85.3 cm³/mol. The third-order valence-electron chi connectivity index (χ3n) is 4.58. The van der Waals surface area contributed by atoms with Crippen molar-refractivity contribution in [3.63, 3.8) is 0 Å². The van der Waals surface area contributed by atoms with Crippen molar-refractivity contribution in [2.45, 2.75) is 44.7 Å². The number of nitrogens with two attached hydrogens (primary N) is 1. The van der Waals surface area contributed by atoms with Gasteiger partial charge >= 0.3 is 0 Å². The number of benzene rings is 1. The monoisotopic (exact) mass is 324 g/mol. The van der Waals surface area contributed by atoms with Crippen molar-refractivity contribution < 1.29 is 0 Å². The molecule has 0 radical (unpaired) electrons. The number of halogens is 1. The molecule has 1 saturated carbocycles. The molecule has 1 aromatic carbocycles. The van der Waals surface area contributed by atoms with Crippen LogP contribution in [0, 0.1) is 5.92 Å². The zero-order valence-corrected chi connectivity index (χ0v) is 13.6. The number of hydrogen-bond acceptors (Lipinski definition) is 2. The van der Waals surface area contributed by atoms with Crippen LogP contribution in [0.1, 0.15) is 31.7 Å². The standard InChI is InChI=1S/C16H25BrN2/c1-12(10-13-6-8-15(17)9-7-13)19(2)16-5-3-4-14(16)11-18/h6-9,12,14,16H,3-5,10-11,18H2,1-2H3. The minimum atomic E-state index is 0.568. The molecule has 3 atom stereocenters. The maximum atomic E-state index is 5.90. The van der Waals surface area contributed by atoms with Gasteiger partial charge in [-0.1, -0.05) is 34.5 Å². The summed E-state index contributed by atoms with van der Waals surface area (Å²) in [7, 11) is 2.27. The molecule has 2 N–H and O–H groups in total. The maximum Gasteiger partial charge on any atom is 0.0175 e. The van der Waals surface area contributed by atoms with Crippen LogP contribution in [0.3, 0.4) is 0 Å². The summed E-state index contributed by atoms with van der Waals surface area (Å²) in [6, 6.07) is 9.92. The molecular formula is C16H25BrN2. The molecule has 0 spiro atoms. The van der Waals surface area contributed by atoms with Crippen molar-refractivity contribution in [3.05, 3.63) is 34.3 Å². The third kappa shape index (κ3) is 3.80. The van der Waals surface area contributed by atoms with Crippen LogP contribution in [-0.2, 0) is 6.42 Å². The molecule has 0 amide bonds. The van der Waals surface area contributed by atoms with E-state index in [1.54, 1.807) is 0 Å². The van der Waals surface area contributed by atoms with Crippen molar-refractivity contribution in [3.8, 4) is 0 Å². The first-order valence-electron chi connectivity index (χ1n) is 7.28. The van der Waals surface area contributed by atoms with Crippen molar-refractivity contribution >= 4 is 15.9 Å². The zero-order valence-electron chi connectivity index (χ0n) is 12.0. The van der Waals surface area contributed by atoms with Gasteiger partial charge in [-0.3, -0.25) is 0 Å². The van der Waals surface area contributed by atoms with E-state index >= 15 is 0 Å². The Kier molecular flexibility index (Phi) is 5.43. The summed E-state index contributed by atoms with van der Waals surface area (Å²) in [5, 5.41) is 0. The molecular weight excluding hydrogens is 300 g/mol. The highest BCUT2D eigenvalue weighted by molar-refractivity contribution is 9.10. The van der Waals surface area contributed by atoms with Crippen molar-refractivity contribution in [1.29, 1.82) is 0 Å². The van der Waals surface area contributed by atoms with E-state index in [0.29, 0.717) is 18.0 Å². The molecule has 106 valence electrons. The van der Waals surface area contributed by atoms with Gasteiger partial charge in [-0.2, -0.15) is 0 Å². The Morgan fingerprint density at radius 2 is 2.00 bits per heavy atom.